The van der Waals surface area contributed by atoms with E-state index in [0.29, 0.717) is 5.56 Å². The lowest BCUT2D eigenvalue weighted by Crippen LogP contribution is -2.63. The molecule has 13 heteroatoms. The average Bonchev–Trinajstić information content (AvgIpc) is 3.19. The van der Waals surface area contributed by atoms with Crippen molar-refractivity contribution in [3.05, 3.63) is 144 Å². The van der Waals surface area contributed by atoms with Crippen LogP contribution in [0.4, 0.5) is 4.79 Å². The van der Waals surface area contributed by atoms with Crippen LogP contribution in [0.1, 0.15) is 42.5 Å². The molecule has 0 aliphatic carbocycles. The van der Waals surface area contributed by atoms with Gasteiger partial charge >= 0.3 is 6.09 Å². The molecule has 0 saturated carbocycles. The van der Waals surface area contributed by atoms with Crippen molar-refractivity contribution in [2.45, 2.75) is 76.7 Å². The summed E-state index contributed by atoms with van der Waals surface area (Å²) in [7, 11) is 0. The maximum absolute atomic E-state index is 14.2. The molecule has 4 aromatic rings. The van der Waals surface area contributed by atoms with Gasteiger partial charge in [0.1, 0.15) is 24.7 Å². The van der Waals surface area contributed by atoms with Crippen LogP contribution < -0.4 is 32.3 Å². The summed E-state index contributed by atoms with van der Waals surface area (Å²) in [5.74, 6) is -3.11. The van der Waals surface area contributed by atoms with E-state index in [2.05, 4.69) is 26.6 Å². The minimum absolute atomic E-state index is 0.0530. The molecule has 0 bridgehead atoms. The molecule has 13 nitrogen and oxygen atoms in total. The zero-order valence-corrected chi connectivity index (χ0v) is 31.0. The number of alkyl carbamates (subject to hydrolysis) is 1. The third kappa shape index (κ3) is 14.0. The highest BCUT2D eigenvalue weighted by molar-refractivity contribution is 5.92. The second-order valence-corrected chi connectivity index (χ2v) is 13.5. The molecule has 0 heterocycles. The van der Waals surface area contributed by atoms with Gasteiger partial charge in [0.25, 0.3) is 0 Å². The fraction of sp³-hybridized carbons (Fsp3) is 0.310. The van der Waals surface area contributed by atoms with Gasteiger partial charge in [-0.1, -0.05) is 135 Å². The predicted octanol–water partition coefficient (Wildman–Crippen LogP) is 2.86. The predicted molar refractivity (Wildman–Crippen MR) is 208 cm³/mol. The van der Waals surface area contributed by atoms with Gasteiger partial charge in [-0.15, -0.1) is 0 Å². The van der Waals surface area contributed by atoms with Crippen molar-refractivity contribution < 1.29 is 33.8 Å². The first-order valence-corrected chi connectivity index (χ1v) is 18.2. The zero-order valence-electron chi connectivity index (χ0n) is 31.0. The molecule has 55 heavy (non-hydrogen) atoms. The highest BCUT2D eigenvalue weighted by Crippen LogP contribution is 2.14. The Kier molecular flexibility index (Phi) is 16.4. The van der Waals surface area contributed by atoms with E-state index in [1.807, 2.05) is 72.8 Å². The summed E-state index contributed by atoms with van der Waals surface area (Å²) in [5, 5.41) is 26.1. The largest absolute Gasteiger partial charge is 0.445 e. The number of hydrogen-bond acceptors (Lipinski definition) is 8. The van der Waals surface area contributed by atoms with Crippen LogP contribution in [-0.4, -0.2) is 65.1 Å². The molecule has 0 aliphatic rings. The first-order valence-electron chi connectivity index (χ1n) is 18.2. The van der Waals surface area contributed by atoms with E-state index in [4.69, 9.17) is 10.5 Å². The Bertz CT molecular complexity index is 1810. The second-order valence-electron chi connectivity index (χ2n) is 13.5. The Labute approximate surface area is 321 Å². The van der Waals surface area contributed by atoms with E-state index in [1.165, 1.54) is 0 Å². The molecule has 290 valence electrons. The van der Waals surface area contributed by atoms with Crippen LogP contribution in [0.15, 0.2) is 121 Å². The molecule has 5 amide bonds. The third-order valence-electron chi connectivity index (χ3n) is 8.81. The van der Waals surface area contributed by atoms with Crippen molar-refractivity contribution in [3.8, 4) is 0 Å². The van der Waals surface area contributed by atoms with Crippen molar-refractivity contribution >= 4 is 29.7 Å². The normalized spacial score (nSPS) is 13.7. The number of carbonyl (C=O) groups is 5. The summed E-state index contributed by atoms with van der Waals surface area (Å²) in [6.45, 7) is 3.92. The summed E-state index contributed by atoms with van der Waals surface area (Å²) in [6.07, 6.45) is -3.06. The van der Waals surface area contributed by atoms with Crippen LogP contribution in [0.25, 0.3) is 0 Å². The number of ether oxygens (including phenoxy) is 1. The minimum Gasteiger partial charge on any atom is -0.445 e. The summed E-state index contributed by atoms with van der Waals surface area (Å²) in [4.78, 5) is 66.3. The molecule has 4 rings (SSSR count). The van der Waals surface area contributed by atoms with E-state index >= 15 is 0 Å². The van der Waals surface area contributed by atoms with Gasteiger partial charge in [-0.05, 0) is 34.6 Å². The lowest BCUT2D eigenvalue weighted by molar-refractivity contribution is -0.134. The van der Waals surface area contributed by atoms with Gasteiger partial charge < -0.3 is 36.8 Å². The van der Waals surface area contributed by atoms with Crippen LogP contribution in [0.5, 0.6) is 0 Å². The summed E-state index contributed by atoms with van der Waals surface area (Å²) >= 11 is 0. The van der Waals surface area contributed by atoms with Crippen molar-refractivity contribution in [2.24, 2.45) is 11.7 Å². The fourth-order valence-corrected chi connectivity index (χ4v) is 5.82. The molecule has 8 N–H and O–H groups in total. The Morgan fingerprint density at radius 2 is 1.13 bits per heavy atom. The topological polar surface area (TPSA) is 201 Å². The SMILES string of the molecule is CC(C)[C@H](NC(=O)[C@H](NCc1ccccc1)[C@H](O)[C@H](Cc1ccccc1)NC(=O)[C@H](CC(N)=O)NC(=O)OCc1ccccc1)C(=O)NCc1ccccc1. The number of aliphatic hydroxyl groups is 1. The summed E-state index contributed by atoms with van der Waals surface area (Å²) in [6, 6.07) is 31.5. The van der Waals surface area contributed by atoms with Gasteiger partial charge in [-0.3, -0.25) is 24.5 Å². The average molecular weight is 751 g/mol. The lowest BCUT2D eigenvalue weighted by atomic mass is 9.94. The maximum atomic E-state index is 14.2. The van der Waals surface area contributed by atoms with Gasteiger partial charge in [-0.2, -0.15) is 0 Å². The molecule has 0 saturated heterocycles. The summed E-state index contributed by atoms with van der Waals surface area (Å²) in [5.41, 5.74) is 8.59. The van der Waals surface area contributed by atoms with Crippen LogP contribution in [-0.2, 0) is 50.0 Å². The number of primary amides is 1. The molecule has 0 unspecified atom stereocenters. The van der Waals surface area contributed by atoms with E-state index in [0.717, 1.165) is 16.7 Å². The van der Waals surface area contributed by atoms with E-state index < -0.39 is 66.4 Å². The molecular weight excluding hydrogens is 700 g/mol. The number of carbonyl (C=O) groups excluding carboxylic acids is 5. The molecule has 0 spiro atoms. The first kappa shape index (κ1) is 41.7. The van der Waals surface area contributed by atoms with Gasteiger partial charge in [-0.25, -0.2) is 4.79 Å². The summed E-state index contributed by atoms with van der Waals surface area (Å²) < 4.78 is 5.27. The molecule has 4 aromatic carbocycles. The van der Waals surface area contributed by atoms with Crippen LogP contribution in [0.2, 0.25) is 0 Å². The number of benzene rings is 4. The number of amides is 5. The van der Waals surface area contributed by atoms with Crippen LogP contribution >= 0.6 is 0 Å². The van der Waals surface area contributed by atoms with E-state index in [9.17, 15) is 29.1 Å². The fourth-order valence-electron chi connectivity index (χ4n) is 5.82. The van der Waals surface area contributed by atoms with Gasteiger partial charge in [0.2, 0.25) is 23.6 Å². The molecule has 5 atom stereocenters. The maximum Gasteiger partial charge on any atom is 0.408 e. The van der Waals surface area contributed by atoms with Crippen molar-refractivity contribution in [1.29, 1.82) is 0 Å². The number of rotatable bonds is 20. The van der Waals surface area contributed by atoms with E-state index in [1.54, 1.807) is 62.4 Å². The highest BCUT2D eigenvalue weighted by atomic mass is 16.5. The quantitative estimate of drug-likeness (QED) is 0.0715. The highest BCUT2D eigenvalue weighted by Gasteiger charge is 2.37. The standard InChI is InChI=1S/C42H50N6O7/c1-28(2)36(40(52)45-26-31-19-11-5-12-20-31)48-41(53)37(44-25-30-17-9-4-10-18-30)38(50)33(23-29-15-7-3-8-16-29)46-39(51)34(24-35(43)49)47-42(54)55-27-32-21-13-6-14-22-32/h3-22,28,33-34,36-38,44,50H,23-27H2,1-2H3,(H2,43,49)(H,45,52)(H,46,51)(H,47,54)(H,48,53)/t33-,34-,36-,37+,38+/m0/s1. The Morgan fingerprint density at radius 1 is 0.618 bits per heavy atom. The van der Waals surface area contributed by atoms with Crippen molar-refractivity contribution in [2.75, 3.05) is 0 Å². The first-order chi connectivity index (χ1) is 26.5. The Balaban J connectivity index is 1.58. The molecule has 0 aliphatic heterocycles. The lowest BCUT2D eigenvalue weighted by Gasteiger charge is -2.33. The number of aliphatic hydroxyl groups excluding tert-OH is 1. The number of nitrogens with two attached hydrogens (primary N) is 1. The van der Waals surface area contributed by atoms with Crippen molar-refractivity contribution in [3.63, 3.8) is 0 Å². The second kappa shape index (κ2) is 21.6. The van der Waals surface area contributed by atoms with Gasteiger partial charge in [0.05, 0.1) is 18.6 Å². The van der Waals surface area contributed by atoms with Gasteiger partial charge in [0, 0.05) is 13.1 Å². The van der Waals surface area contributed by atoms with Gasteiger partial charge in [0.15, 0.2) is 0 Å². The molecule has 0 aromatic heterocycles. The molecule has 0 radical (unpaired) electrons. The molecular formula is C42H50N6O7. The van der Waals surface area contributed by atoms with E-state index in [-0.39, 0.29) is 32.0 Å². The van der Waals surface area contributed by atoms with Crippen LogP contribution in [0.3, 0.4) is 0 Å². The van der Waals surface area contributed by atoms with Crippen molar-refractivity contribution in [1.82, 2.24) is 26.6 Å². The smallest absolute Gasteiger partial charge is 0.408 e. The Hall–Kier alpha value is -6.05. The van der Waals surface area contributed by atoms with Crippen LogP contribution in [0, 0.1) is 5.92 Å². The minimum atomic E-state index is -1.59. The number of nitrogens with one attached hydrogen (secondary N) is 5. The number of hydrogen-bond donors (Lipinski definition) is 7. The Morgan fingerprint density at radius 3 is 1.65 bits per heavy atom. The monoisotopic (exact) mass is 750 g/mol. The third-order valence-corrected chi connectivity index (χ3v) is 8.81. The zero-order chi connectivity index (χ0) is 39.6. The molecule has 0 fully saturated rings.